The number of benzene rings is 1. The monoisotopic (exact) mass is 514 g/mol. The van der Waals surface area contributed by atoms with Gasteiger partial charge in [0.2, 0.25) is 11.8 Å². The van der Waals surface area contributed by atoms with Crippen molar-refractivity contribution in [3.05, 3.63) is 29.8 Å². The first-order chi connectivity index (χ1) is 17.9. The first-order valence-corrected chi connectivity index (χ1v) is 13.5. The van der Waals surface area contributed by atoms with Crippen molar-refractivity contribution in [2.24, 2.45) is 0 Å². The van der Waals surface area contributed by atoms with Crippen LogP contribution in [-0.2, 0) is 14.3 Å². The summed E-state index contributed by atoms with van der Waals surface area (Å²) >= 11 is 0. The Morgan fingerprint density at radius 2 is 1.81 bits per heavy atom. The van der Waals surface area contributed by atoms with E-state index < -0.39 is 18.2 Å². The third-order valence-electron chi connectivity index (χ3n) is 8.27. The zero-order valence-corrected chi connectivity index (χ0v) is 21.5. The summed E-state index contributed by atoms with van der Waals surface area (Å²) in [6.07, 6.45) is 2.48. The molecule has 0 saturated carbocycles. The SMILES string of the molecule is CC(=O)N1CCC(N2CCN3C(=O)c4ccccc4OCC[C@@H]4CC[C@H](O)[C@@H](CNC(=O)[C@@H]3C2)O4)CC1. The fourth-order valence-corrected chi connectivity index (χ4v) is 6.04. The molecule has 5 rings (SSSR count). The zero-order chi connectivity index (χ0) is 25.9. The number of fused-ring (bicyclic) bond motifs is 4. The van der Waals surface area contributed by atoms with Gasteiger partial charge in [0, 0.05) is 58.7 Å². The predicted octanol–water partition coefficient (Wildman–Crippen LogP) is 0.631. The Balaban J connectivity index is 1.38. The topological polar surface area (TPSA) is 112 Å². The maximum atomic E-state index is 13.8. The summed E-state index contributed by atoms with van der Waals surface area (Å²) < 4.78 is 12.2. The van der Waals surface area contributed by atoms with E-state index in [1.165, 1.54) is 0 Å². The Labute approximate surface area is 217 Å². The van der Waals surface area contributed by atoms with Crippen molar-refractivity contribution in [1.82, 2.24) is 20.0 Å². The second-order valence-electron chi connectivity index (χ2n) is 10.6. The van der Waals surface area contributed by atoms with Gasteiger partial charge < -0.3 is 29.7 Å². The molecule has 10 nitrogen and oxygen atoms in total. The number of piperazine rings is 1. The van der Waals surface area contributed by atoms with Gasteiger partial charge in [-0.15, -0.1) is 0 Å². The van der Waals surface area contributed by atoms with E-state index >= 15 is 0 Å². The number of carbonyl (C=O) groups is 3. The van der Waals surface area contributed by atoms with Crippen molar-refractivity contribution in [3.63, 3.8) is 0 Å². The Kier molecular flexibility index (Phi) is 7.97. The fourth-order valence-electron chi connectivity index (χ4n) is 6.04. The molecule has 10 heteroatoms. The maximum Gasteiger partial charge on any atom is 0.258 e. The molecule has 4 atom stereocenters. The number of aliphatic hydroxyl groups excluding tert-OH is 1. The summed E-state index contributed by atoms with van der Waals surface area (Å²) in [4.78, 5) is 44.9. The standard InChI is InChI=1S/C27H38N4O6/c1-18(32)29-11-8-19(9-12-29)30-13-14-31-22(17-30)26(34)28-16-25-23(33)7-6-20(37-25)10-15-36-24-5-3-2-4-21(24)27(31)35/h2-5,19-20,22-23,25,33H,6-17H2,1H3,(H,28,34)/t20-,22-,23-,25+/m0/s1. The zero-order valence-electron chi connectivity index (χ0n) is 21.5. The Morgan fingerprint density at radius 1 is 1.03 bits per heavy atom. The molecule has 2 N–H and O–H groups in total. The van der Waals surface area contributed by atoms with Gasteiger partial charge in [0.25, 0.3) is 5.91 Å². The van der Waals surface area contributed by atoms with Crippen molar-refractivity contribution in [1.29, 1.82) is 0 Å². The van der Waals surface area contributed by atoms with Crippen molar-refractivity contribution in [2.75, 3.05) is 45.9 Å². The van der Waals surface area contributed by atoms with Gasteiger partial charge in [-0.2, -0.15) is 0 Å². The number of ether oxygens (including phenoxy) is 2. The molecule has 1 aromatic rings. The van der Waals surface area contributed by atoms with Crippen molar-refractivity contribution in [3.8, 4) is 5.75 Å². The Bertz CT molecular complexity index is 997. The number of aliphatic hydroxyl groups is 1. The molecule has 2 bridgehead atoms. The van der Waals surface area contributed by atoms with Crippen LogP contribution in [0.3, 0.4) is 0 Å². The van der Waals surface area contributed by atoms with Crippen LogP contribution >= 0.6 is 0 Å². The lowest BCUT2D eigenvalue weighted by molar-refractivity contribution is -0.136. The first-order valence-electron chi connectivity index (χ1n) is 13.5. The summed E-state index contributed by atoms with van der Waals surface area (Å²) in [5.74, 6) is 0.146. The van der Waals surface area contributed by atoms with Crippen LogP contribution in [0.15, 0.2) is 24.3 Å². The highest BCUT2D eigenvalue weighted by molar-refractivity contribution is 6.00. The van der Waals surface area contributed by atoms with E-state index in [1.54, 1.807) is 24.0 Å². The predicted molar refractivity (Wildman–Crippen MR) is 135 cm³/mol. The van der Waals surface area contributed by atoms with Crippen LogP contribution in [-0.4, -0.2) is 114 Å². The van der Waals surface area contributed by atoms with Crippen LogP contribution in [0.5, 0.6) is 5.75 Å². The molecule has 202 valence electrons. The largest absolute Gasteiger partial charge is 0.493 e. The molecule has 0 aromatic heterocycles. The molecule has 4 aliphatic heterocycles. The van der Waals surface area contributed by atoms with E-state index in [2.05, 4.69) is 10.2 Å². The highest BCUT2D eigenvalue weighted by atomic mass is 16.5. The molecule has 4 heterocycles. The number of nitrogens with zero attached hydrogens (tertiary/aromatic N) is 3. The molecule has 1 aromatic carbocycles. The Hall–Kier alpha value is -2.69. The second kappa shape index (κ2) is 11.4. The lowest BCUT2D eigenvalue weighted by atomic mass is 9.98. The summed E-state index contributed by atoms with van der Waals surface area (Å²) in [5, 5.41) is 13.5. The van der Waals surface area contributed by atoms with E-state index in [0.29, 0.717) is 63.5 Å². The quantitative estimate of drug-likeness (QED) is 0.566. The lowest BCUT2D eigenvalue weighted by Crippen LogP contribution is -2.63. The minimum Gasteiger partial charge on any atom is -0.493 e. The second-order valence-corrected chi connectivity index (χ2v) is 10.6. The third-order valence-corrected chi connectivity index (χ3v) is 8.27. The van der Waals surface area contributed by atoms with Crippen molar-refractivity contribution < 1.29 is 29.0 Å². The normalized spacial score (nSPS) is 30.4. The van der Waals surface area contributed by atoms with Crippen molar-refractivity contribution >= 4 is 17.7 Å². The molecule has 0 spiro atoms. The molecule has 0 aliphatic carbocycles. The lowest BCUT2D eigenvalue weighted by Gasteiger charge is -2.46. The van der Waals surface area contributed by atoms with Crippen LogP contribution in [0.2, 0.25) is 0 Å². The minimum absolute atomic E-state index is 0.0707. The number of hydrogen-bond acceptors (Lipinski definition) is 7. The van der Waals surface area contributed by atoms with Gasteiger partial charge in [-0.1, -0.05) is 12.1 Å². The van der Waals surface area contributed by atoms with Gasteiger partial charge in [-0.05, 0) is 37.8 Å². The van der Waals surface area contributed by atoms with Gasteiger partial charge in [0.1, 0.15) is 17.9 Å². The highest BCUT2D eigenvalue weighted by Crippen LogP contribution is 2.27. The average Bonchev–Trinajstić information content (AvgIpc) is 2.92. The number of piperidine rings is 1. The van der Waals surface area contributed by atoms with Crippen molar-refractivity contribution in [2.45, 2.75) is 69.4 Å². The van der Waals surface area contributed by atoms with Crippen LogP contribution in [0, 0.1) is 0 Å². The Morgan fingerprint density at radius 3 is 2.59 bits per heavy atom. The minimum atomic E-state index is -0.681. The summed E-state index contributed by atoms with van der Waals surface area (Å²) in [6, 6.07) is 6.78. The number of amides is 3. The smallest absolute Gasteiger partial charge is 0.258 e. The molecule has 0 radical (unpaired) electrons. The number of carbonyl (C=O) groups excluding carboxylic acids is 3. The van der Waals surface area contributed by atoms with Crippen LogP contribution in [0.4, 0.5) is 0 Å². The highest BCUT2D eigenvalue weighted by Gasteiger charge is 2.40. The maximum absolute atomic E-state index is 13.8. The first kappa shape index (κ1) is 25.9. The molecule has 3 fully saturated rings. The molecular weight excluding hydrogens is 476 g/mol. The van der Waals surface area contributed by atoms with Crippen LogP contribution in [0.1, 0.15) is 49.4 Å². The number of rotatable bonds is 1. The number of likely N-dealkylation sites (tertiary alicyclic amines) is 1. The number of hydrogen-bond donors (Lipinski definition) is 2. The molecule has 3 saturated heterocycles. The van der Waals surface area contributed by atoms with Gasteiger partial charge in [0.15, 0.2) is 0 Å². The fraction of sp³-hybridized carbons (Fsp3) is 0.667. The van der Waals surface area contributed by atoms with E-state index in [0.717, 1.165) is 19.3 Å². The molecular formula is C27H38N4O6. The molecule has 37 heavy (non-hydrogen) atoms. The van der Waals surface area contributed by atoms with E-state index in [4.69, 9.17) is 9.47 Å². The van der Waals surface area contributed by atoms with Crippen LogP contribution < -0.4 is 10.1 Å². The van der Waals surface area contributed by atoms with Gasteiger partial charge in [-0.3, -0.25) is 19.3 Å². The summed E-state index contributed by atoms with van der Waals surface area (Å²) in [6.45, 7) is 5.11. The van der Waals surface area contributed by atoms with E-state index in [1.807, 2.05) is 17.0 Å². The molecule has 4 aliphatic rings. The van der Waals surface area contributed by atoms with Gasteiger partial charge in [-0.25, -0.2) is 0 Å². The number of nitrogens with one attached hydrogen (secondary N) is 1. The average molecular weight is 515 g/mol. The third kappa shape index (κ3) is 5.76. The molecule has 0 unspecified atom stereocenters. The summed E-state index contributed by atoms with van der Waals surface area (Å²) in [5.41, 5.74) is 0.457. The van der Waals surface area contributed by atoms with Crippen LogP contribution in [0.25, 0.3) is 0 Å². The van der Waals surface area contributed by atoms with E-state index in [-0.39, 0.29) is 36.4 Å². The number of para-hydroxylation sites is 1. The molecule has 3 amide bonds. The summed E-state index contributed by atoms with van der Waals surface area (Å²) in [7, 11) is 0. The van der Waals surface area contributed by atoms with Gasteiger partial charge in [0.05, 0.1) is 24.4 Å². The van der Waals surface area contributed by atoms with Gasteiger partial charge >= 0.3 is 0 Å². The van der Waals surface area contributed by atoms with E-state index in [9.17, 15) is 19.5 Å².